The first-order valence-corrected chi connectivity index (χ1v) is 7.07. The van der Waals surface area contributed by atoms with Crippen LogP contribution in [0.4, 0.5) is 0 Å². The molecule has 0 bridgehead atoms. The fourth-order valence-electron chi connectivity index (χ4n) is 2.67. The van der Waals surface area contributed by atoms with Gasteiger partial charge < -0.3 is 5.73 Å². The van der Waals surface area contributed by atoms with Crippen LogP contribution in [0, 0.1) is 12.8 Å². The Morgan fingerprint density at radius 3 is 2.89 bits per heavy atom. The molecule has 18 heavy (non-hydrogen) atoms. The number of likely N-dealkylation sites (tertiary alicyclic amines) is 1. The summed E-state index contributed by atoms with van der Waals surface area (Å²) in [7, 11) is 0. The van der Waals surface area contributed by atoms with Crippen LogP contribution in [0.5, 0.6) is 0 Å². The number of aryl methyl sites for hydroxylation is 1. The summed E-state index contributed by atoms with van der Waals surface area (Å²) >= 11 is 0. The molecule has 102 valence electrons. The first-order chi connectivity index (χ1) is 8.60. The van der Waals surface area contributed by atoms with Gasteiger partial charge in [0, 0.05) is 30.9 Å². The standard InChI is InChI=1S/C14H26N4/c1-11(2)18-10-14(12(3)16-18)9-17-6-4-5-13(7-15)8-17/h10-11,13H,4-9,15H2,1-3H3. The molecule has 1 aliphatic rings. The van der Waals surface area contributed by atoms with Crippen LogP contribution in [-0.4, -0.2) is 34.3 Å². The van der Waals surface area contributed by atoms with Crippen LogP contribution in [0.3, 0.4) is 0 Å². The van der Waals surface area contributed by atoms with E-state index in [-0.39, 0.29) is 0 Å². The van der Waals surface area contributed by atoms with Gasteiger partial charge in [-0.05, 0) is 52.6 Å². The maximum absolute atomic E-state index is 5.79. The molecule has 1 fully saturated rings. The summed E-state index contributed by atoms with van der Waals surface area (Å²) in [5, 5.41) is 4.58. The van der Waals surface area contributed by atoms with Crippen molar-refractivity contribution in [2.75, 3.05) is 19.6 Å². The lowest BCUT2D eigenvalue weighted by Crippen LogP contribution is -2.37. The van der Waals surface area contributed by atoms with Crippen molar-refractivity contribution in [1.82, 2.24) is 14.7 Å². The molecular formula is C14H26N4. The third-order valence-corrected chi connectivity index (χ3v) is 3.88. The minimum Gasteiger partial charge on any atom is -0.330 e. The molecule has 0 saturated carbocycles. The Bertz CT molecular complexity index is 383. The quantitative estimate of drug-likeness (QED) is 0.888. The zero-order chi connectivity index (χ0) is 13.1. The van der Waals surface area contributed by atoms with Gasteiger partial charge in [0.15, 0.2) is 0 Å². The third-order valence-electron chi connectivity index (χ3n) is 3.88. The summed E-state index contributed by atoms with van der Waals surface area (Å²) in [6, 6.07) is 0.440. The van der Waals surface area contributed by atoms with Crippen LogP contribution in [0.15, 0.2) is 6.20 Å². The Hall–Kier alpha value is -0.870. The van der Waals surface area contributed by atoms with Crippen LogP contribution < -0.4 is 5.73 Å². The van der Waals surface area contributed by atoms with Gasteiger partial charge in [0.25, 0.3) is 0 Å². The van der Waals surface area contributed by atoms with Gasteiger partial charge in [-0.3, -0.25) is 9.58 Å². The van der Waals surface area contributed by atoms with Gasteiger partial charge in [-0.15, -0.1) is 0 Å². The Labute approximate surface area is 110 Å². The number of nitrogens with two attached hydrogens (primary N) is 1. The number of hydrogen-bond acceptors (Lipinski definition) is 3. The fraction of sp³-hybridized carbons (Fsp3) is 0.786. The summed E-state index contributed by atoms with van der Waals surface area (Å²) in [4.78, 5) is 2.52. The van der Waals surface area contributed by atoms with E-state index in [0.29, 0.717) is 12.0 Å². The Balaban J connectivity index is 2.00. The molecule has 4 nitrogen and oxygen atoms in total. The lowest BCUT2D eigenvalue weighted by Gasteiger charge is -2.31. The molecule has 0 radical (unpaired) electrons. The number of rotatable bonds is 4. The fourth-order valence-corrected chi connectivity index (χ4v) is 2.67. The lowest BCUT2D eigenvalue weighted by atomic mass is 9.98. The predicted octanol–water partition coefficient (Wildman–Crippen LogP) is 1.94. The highest BCUT2D eigenvalue weighted by Crippen LogP contribution is 2.19. The molecule has 2 rings (SSSR count). The second kappa shape index (κ2) is 5.85. The Kier molecular flexibility index (Phi) is 4.40. The summed E-state index contributed by atoms with van der Waals surface area (Å²) in [6.45, 7) is 10.6. The van der Waals surface area contributed by atoms with E-state index in [4.69, 9.17) is 5.73 Å². The minimum atomic E-state index is 0.440. The van der Waals surface area contributed by atoms with E-state index in [1.54, 1.807) is 0 Å². The van der Waals surface area contributed by atoms with Gasteiger partial charge in [-0.1, -0.05) is 0 Å². The minimum absolute atomic E-state index is 0.440. The molecule has 1 saturated heterocycles. The van der Waals surface area contributed by atoms with Crippen molar-refractivity contribution in [3.05, 3.63) is 17.5 Å². The van der Waals surface area contributed by atoms with Crippen molar-refractivity contribution in [2.45, 2.75) is 46.2 Å². The largest absolute Gasteiger partial charge is 0.330 e. The van der Waals surface area contributed by atoms with Gasteiger partial charge in [-0.2, -0.15) is 5.10 Å². The van der Waals surface area contributed by atoms with Crippen molar-refractivity contribution < 1.29 is 0 Å². The predicted molar refractivity (Wildman–Crippen MR) is 74.4 cm³/mol. The molecule has 1 atom stereocenters. The Morgan fingerprint density at radius 1 is 1.50 bits per heavy atom. The zero-order valence-corrected chi connectivity index (χ0v) is 11.9. The summed E-state index contributed by atoms with van der Waals surface area (Å²) in [5.41, 5.74) is 8.32. The smallest absolute Gasteiger partial charge is 0.0638 e. The molecule has 0 amide bonds. The van der Waals surface area contributed by atoms with Gasteiger partial charge in [-0.25, -0.2) is 0 Å². The van der Waals surface area contributed by atoms with Crippen LogP contribution in [0.25, 0.3) is 0 Å². The van der Waals surface area contributed by atoms with E-state index >= 15 is 0 Å². The van der Waals surface area contributed by atoms with Crippen LogP contribution >= 0.6 is 0 Å². The van der Waals surface area contributed by atoms with Crippen LogP contribution in [0.1, 0.15) is 44.0 Å². The second-order valence-electron chi connectivity index (χ2n) is 5.79. The topological polar surface area (TPSA) is 47.1 Å². The number of hydrogen-bond donors (Lipinski definition) is 1. The molecule has 0 aromatic carbocycles. The highest BCUT2D eigenvalue weighted by Gasteiger charge is 2.20. The average molecular weight is 250 g/mol. The monoisotopic (exact) mass is 250 g/mol. The van der Waals surface area contributed by atoms with Gasteiger partial charge in [0.05, 0.1) is 5.69 Å². The normalized spacial score (nSPS) is 21.7. The highest BCUT2D eigenvalue weighted by molar-refractivity contribution is 5.15. The van der Waals surface area contributed by atoms with Crippen molar-refractivity contribution in [3.63, 3.8) is 0 Å². The van der Waals surface area contributed by atoms with Crippen molar-refractivity contribution >= 4 is 0 Å². The Morgan fingerprint density at radius 2 is 2.28 bits per heavy atom. The number of aromatic nitrogens is 2. The molecule has 2 N–H and O–H groups in total. The van der Waals surface area contributed by atoms with E-state index in [1.807, 2.05) is 0 Å². The average Bonchev–Trinajstić information content (AvgIpc) is 2.71. The summed E-state index contributed by atoms with van der Waals surface area (Å²) in [5.74, 6) is 0.680. The zero-order valence-electron chi connectivity index (χ0n) is 11.9. The second-order valence-corrected chi connectivity index (χ2v) is 5.79. The van der Waals surface area contributed by atoms with Crippen molar-refractivity contribution in [1.29, 1.82) is 0 Å². The van der Waals surface area contributed by atoms with Crippen molar-refractivity contribution in [3.8, 4) is 0 Å². The number of nitrogens with zero attached hydrogens (tertiary/aromatic N) is 3. The van der Waals surface area contributed by atoms with E-state index in [1.165, 1.54) is 30.6 Å². The van der Waals surface area contributed by atoms with Gasteiger partial charge in [0.1, 0.15) is 0 Å². The molecule has 1 aromatic rings. The van der Waals surface area contributed by atoms with E-state index in [2.05, 4.69) is 41.6 Å². The molecule has 0 aliphatic carbocycles. The highest BCUT2D eigenvalue weighted by atomic mass is 15.3. The van der Waals surface area contributed by atoms with Gasteiger partial charge in [0.2, 0.25) is 0 Å². The summed E-state index contributed by atoms with van der Waals surface area (Å²) in [6.07, 6.45) is 4.77. The SMILES string of the molecule is Cc1nn(C(C)C)cc1CN1CCCC(CN)C1. The molecule has 1 aliphatic heterocycles. The maximum Gasteiger partial charge on any atom is 0.0638 e. The molecular weight excluding hydrogens is 224 g/mol. The molecule has 2 heterocycles. The first-order valence-electron chi connectivity index (χ1n) is 7.07. The van der Waals surface area contributed by atoms with Crippen LogP contribution in [-0.2, 0) is 6.54 Å². The molecule has 0 spiro atoms. The number of piperidine rings is 1. The summed E-state index contributed by atoms with van der Waals surface area (Å²) < 4.78 is 2.06. The van der Waals surface area contributed by atoms with Crippen molar-refractivity contribution in [2.24, 2.45) is 11.7 Å². The van der Waals surface area contributed by atoms with E-state index < -0.39 is 0 Å². The molecule has 4 heteroatoms. The van der Waals surface area contributed by atoms with E-state index in [0.717, 1.165) is 19.6 Å². The molecule has 1 unspecified atom stereocenters. The van der Waals surface area contributed by atoms with Crippen LogP contribution in [0.2, 0.25) is 0 Å². The first kappa shape index (κ1) is 13.6. The third kappa shape index (κ3) is 3.12. The lowest BCUT2D eigenvalue weighted by molar-refractivity contribution is 0.170. The molecule has 1 aromatic heterocycles. The maximum atomic E-state index is 5.79. The van der Waals surface area contributed by atoms with Gasteiger partial charge >= 0.3 is 0 Å². The van der Waals surface area contributed by atoms with E-state index in [9.17, 15) is 0 Å².